The molecule has 56 heavy (non-hydrogen) atoms. The molecule has 281 valence electrons. The SMILES string of the molecule is Cc1ccc2c(c1-c1ccccc1)C=C([Si](C)(C)C)[CH]2[Zr]([Cl])([Cl])([c]1cccc2c1[SiH2]c1ccccc1-2)[CH]1C([Si](C)(C)C)=Cc2c1ccc(C)c2-c1ccccc1. The molecule has 1 aliphatic heterocycles. The minimum atomic E-state index is -5.66. The monoisotopic (exact) mass is 895 g/mol. The zero-order valence-corrected chi connectivity index (χ0v) is 41.3. The molecule has 2 atom stereocenters. The first-order valence-electron chi connectivity index (χ1n) is 20.2. The van der Waals surface area contributed by atoms with Crippen molar-refractivity contribution in [1.29, 1.82) is 0 Å². The first kappa shape index (κ1) is 38.4. The van der Waals surface area contributed by atoms with Crippen molar-refractivity contribution in [3.05, 3.63) is 171 Å². The summed E-state index contributed by atoms with van der Waals surface area (Å²) in [5.41, 5.74) is 15.8. The van der Waals surface area contributed by atoms with Gasteiger partial charge >= 0.3 is 350 Å². The van der Waals surface area contributed by atoms with Crippen LogP contribution in [0, 0.1) is 13.8 Å². The van der Waals surface area contributed by atoms with Gasteiger partial charge in [-0.3, -0.25) is 0 Å². The van der Waals surface area contributed by atoms with Gasteiger partial charge in [0.25, 0.3) is 0 Å². The number of aryl methyl sites for hydroxylation is 2. The molecule has 0 saturated heterocycles. The molecule has 6 heteroatoms. The van der Waals surface area contributed by atoms with E-state index in [1.54, 1.807) is 0 Å². The van der Waals surface area contributed by atoms with Crippen molar-refractivity contribution >= 4 is 68.5 Å². The van der Waals surface area contributed by atoms with E-state index in [9.17, 15) is 17.0 Å². The van der Waals surface area contributed by atoms with Crippen LogP contribution in [0.15, 0.2) is 138 Å². The molecule has 0 N–H and O–H groups in total. The van der Waals surface area contributed by atoms with Gasteiger partial charge in [-0.15, -0.1) is 0 Å². The van der Waals surface area contributed by atoms with Crippen molar-refractivity contribution < 1.29 is 16.4 Å². The van der Waals surface area contributed by atoms with Gasteiger partial charge < -0.3 is 0 Å². The zero-order valence-electron chi connectivity index (χ0n) is 33.9. The molecule has 2 unspecified atom stereocenters. The number of rotatable bonds is 7. The van der Waals surface area contributed by atoms with Crippen molar-refractivity contribution in [2.45, 2.75) is 60.4 Å². The topological polar surface area (TPSA) is 0 Å². The Balaban J connectivity index is 1.43. The quantitative estimate of drug-likeness (QED) is 0.140. The molecule has 0 bridgehead atoms. The second-order valence-electron chi connectivity index (χ2n) is 18.6. The standard InChI is InChI=1S/2C19H21Si.C12H9Si.2ClH.Zr/c2*1-14-10-11-16-12-17(20(2,3)4)13-18(16)19(14)15-8-6-5-7-9-15;1-3-7-11-9(5-1)10-6-2-4-8-12(10)13-11;;;/h2*5-13H,1-4H3;1-7H,13H2;2*1H;/q;;;;;+2/p-2. The Kier molecular flexibility index (Phi) is 9.25. The summed E-state index contributed by atoms with van der Waals surface area (Å²) in [4.78, 5) is 0. The normalized spacial score (nSPS) is 18.4. The van der Waals surface area contributed by atoms with E-state index in [1.807, 2.05) is 0 Å². The molecule has 1 heterocycles. The van der Waals surface area contributed by atoms with Crippen molar-refractivity contribution in [2.75, 3.05) is 0 Å². The third kappa shape index (κ3) is 5.80. The van der Waals surface area contributed by atoms with E-state index in [-0.39, 0.29) is 7.25 Å². The number of allylic oxidation sites excluding steroid dienone is 2. The van der Waals surface area contributed by atoms with Crippen molar-refractivity contribution in [1.82, 2.24) is 0 Å². The summed E-state index contributed by atoms with van der Waals surface area (Å²) in [6.07, 6.45) is 5.18. The summed E-state index contributed by atoms with van der Waals surface area (Å²) in [7, 11) is 14.0. The predicted octanol–water partition coefficient (Wildman–Crippen LogP) is 12.4. The average molecular weight is 898 g/mol. The first-order valence-corrected chi connectivity index (χ1v) is 39.0. The van der Waals surface area contributed by atoms with Gasteiger partial charge in [-0.05, 0) is 0 Å². The maximum atomic E-state index is 9.45. The summed E-state index contributed by atoms with van der Waals surface area (Å²) in [5.74, 6) is 0. The molecule has 0 fully saturated rings. The molecule has 0 nitrogen and oxygen atoms in total. The minimum absolute atomic E-state index is 0.0640. The van der Waals surface area contributed by atoms with Gasteiger partial charge in [0, 0.05) is 0 Å². The van der Waals surface area contributed by atoms with Crippen LogP contribution in [0.2, 0.25) is 39.3 Å². The van der Waals surface area contributed by atoms with Crippen LogP contribution in [0.1, 0.15) is 40.6 Å². The number of halogens is 2. The number of fused-ring (bicyclic) bond motifs is 5. The van der Waals surface area contributed by atoms with Crippen LogP contribution in [0.25, 0.3) is 45.5 Å². The van der Waals surface area contributed by atoms with Crippen LogP contribution >= 0.6 is 17.0 Å². The molecule has 0 aromatic heterocycles. The fraction of sp³-hybridized carbons (Fsp3) is 0.200. The zero-order chi connectivity index (χ0) is 39.4. The second kappa shape index (κ2) is 13.5. The van der Waals surface area contributed by atoms with Gasteiger partial charge in [0.2, 0.25) is 0 Å². The fourth-order valence-electron chi connectivity index (χ4n) is 10.6. The van der Waals surface area contributed by atoms with E-state index in [4.69, 9.17) is 0 Å². The van der Waals surface area contributed by atoms with Crippen LogP contribution in [-0.2, 0) is 16.4 Å². The number of hydrogen-bond donors (Lipinski definition) is 0. The third-order valence-electron chi connectivity index (χ3n) is 13.1. The van der Waals surface area contributed by atoms with E-state index in [0.29, 0.717) is 0 Å². The first-order chi connectivity index (χ1) is 26.6. The van der Waals surface area contributed by atoms with Crippen LogP contribution in [0.4, 0.5) is 0 Å². The summed E-state index contributed by atoms with van der Waals surface area (Å²) in [6.45, 7) is 19.7. The Morgan fingerprint density at radius 1 is 0.500 bits per heavy atom. The van der Waals surface area contributed by atoms with Crippen molar-refractivity contribution in [3.8, 4) is 33.4 Å². The molecule has 0 amide bonds. The molecular weight excluding hydrogens is 847 g/mol. The van der Waals surface area contributed by atoms with Gasteiger partial charge in [0.15, 0.2) is 0 Å². The fourth-order valence-corrected chi connectivity index (χ4v) is 52.1. The Morgan fingerprint density at radius 3 is 1.43 bits per heavy atom. The number of benzene rings is 6. The molecule has 0 spiro atoms. The van der Waals surface area contributed by atoms with Crippen LogP contribution in [-0.4, -0.2) is 25.7 Å². The van der Waals surface area contributed by atoms with Crippen LogP contribution in [0.3, 0.4) is 0 Å². The van der Waals surface area contributed by atoms with E-state index in [1.165, 1.54) is 90.8 Å². The van der Waals surface area contributed by atoms with Crippen molar-refractivity contribution in [2.24, 2.45) is 0 Å². The summed E-state index contributed by atoms with van der Waals surface area (Å²) in [5, 5.41) is 6.02. The van der Waals surface area contributed by atoms with Gasteiger partial charge in [-0.1, -0.05) is 0 Å². The third-order valence-corrected chi connectivity index (χ3v) is 41.3. The molecule has 6 aromatic carbocycles. The van der Waals surface area contributed by atoms with E-state index in [2.05, 4.69) is 193 Å². The summed E-state index contributed by atoms with van der Waals surface area (Å²) < 4.78 is 1.19. The van der Waals surface area contributed by atoms with Gasteiger partial charge in [0.1, 0.15) is 0 Å². The van der Waals surface area contributed by atoms with Gasteiger partial charge in [-0.25, -0.2) is 0 Å². The predicted molar refractivity (Wildman–Crippen MR) is 252 cm³/mol. The summed E-state index contributed by atoms with van der Waals surface area (Å²) in [6, 6.07) is 47.7. The van der Waals surface area contributed by atoms with Crippen LogP contribution < -0.4 is 13.6 Å². The van der Waals surface area contributed by atoms with E-state index >= 15 is 0 Å². The average Bonchev–Trinajstić information content (AvgIpc) is 3.88. The van der Waals surface area contributed by atoms with E-state index < -0.39 is 42.1 Å². The molecule has 2 aliphatic carbocycles. The number of hydrogen-bond acceptors (Lipinski definition) is 0. The van der Waals surface area contributed by atoms with E-state index in [0.717, 1.165) is 0 Å². The Morgan fingerprint density at radius 2 is 0.946 bits per heavy atom. The summed E-state index contributed by atoms with van der Waals surface area (Å²) >= 11 is -5.66. The molecule has 3 aliphatic rings. The molecule has 0 radical (unpaired) electrons. The Labute approximate surface area is 346 Å². The van der Waals surface area contributed by atoms with Gasteiger partial charge in [-0.2, -0.15) is 0 Å². The Bertz CT molecular complexity index is 2510. The molecule has 0 saturated carbocycles. The molecule has 6 aromatic rings. The van der Waals surface area contributed by atoms with Crippen molar-refractivity contribution in [3.63, 3.8) is 0 Å². The van der Waals surface area contributed by atoms with Crippen LogP contribution in [0.5, 0.6) is 0 Å². The second-order valence-corrected chi connectivity index (χ2v) is 51.2. The molecular formula is C50H51Cl2Si3Zr. The maximum absolute atomic E-state index is 9.45. The Hall–Kier alpha value is -3.09. The van der Waals surface area contributed by atoms with Gasteiger partial charge in [0.05, 0.1) is 0 Å². The molecule has 9 rings (SSSR count).